The number of hydrogen-bond donors (Lipinski definition) is 3. The molecular formula is C24H30F3N7O. The number of nitrogens with zero attached hydrogens (tertiary/aromatic N) is 4. The summed E-state index contributed by atoms with van der Waals surface area (Å²) in [5.74, 6) is 0.164. The summed E-state index contributed by atoms with van der Waals surface area (Å²) < 4.78 is 47.2. The first-order valence-electron chi connectivity index (χ1n) is 11.5. The number of para-hydroxylation sites is 1. The van der Waals surface area contributed by atoms with Crippen molar-refractivity contribution in [1.29, 1.82) is 0 Å². The molecule has 0 amide bonds. The average Bonchev–Trinajstić information content (AvgIpc) is 3.36. The van der Waals surface area contributed by atoms with Gasteiger partial charge in [0, 0.05) is 29.9 Å². The van der Waals surface area contributed by atoms with Gasteiger partial charge in [-0.3, -0.25) is 0 Å². The number of rotatable bonds is 8. The van der Waals surface area contributed by atoms with Crippen LogP contribution in [0.25, 0.3) is 22.2 Å². The summed E-state index contributed by atoms with van der Waals surface area (Å²) in [6.45, 7) is 5.86. The standard InChI is InChI=1S/C24H30F3N7O/c1-23(2)14-35-22(33-23)31-18-9-7-8-15-16(12-29-20(15)18)19-17(24(25,26)27)13-30-21(32-19)28-10-5-6-11-34(3)4/h7-9,12-13,29H,5-6,10-11,14H2,1-4H3,(H,31,33)(H,28,30,32). The number of halogens is 3. The molecule has 0 bridgehead atoms. The van der Waals surface area contributed by atoms with Crippen LogP contribution in [0.15, 0.2) is 35.6 Å². The molecule has 3 heterocycles. The molecule has 1 aliphatic rings. The number of ether oxygens (including phenoxy) is 1. The maximum atomic E-state index is 13.9. The van der Waals surface area contributed by atoms with Gasteiger partial charge in [0.05, 0.1) is 22.4 Å². The normalized spacial score (nSPS) is 15.4. The van der Waals surface area contributed by atoms with Crippen molar-refractivity contribution in [3.8, 4) is 11.3 Å². The zero-order chi connectivity index (χ0) is 25.2. The SMILES string of the molecule is CN(C)CCCCNc1ncc(C(F)(F)F)c(-c2c[nH]c3c(NC4=NC(C)(C)CO4)cccc23)n1. The van der Waals surface area contributed by atoms with Crippen molar-refractivity contribution in [3.63, 3.8) is 0 Å². The number of aromatic amines is 1. The highest BCUT2D eigenvalue weighted by molar-refractivity contribution is 6.05. The maximum Gasteiger partial charge on any atom is 0.419 e. The number of alkyl halides is 3. The Bertz CT molecular complexity index is 1220. The predicted octanol–water partition coefficient (Wildman–Crippen LogP) is 4.97. The third-order valence-corrected chi connectivity index (χ3v) is 5.59. The van der Waals surface area contributed by atoms with E-state index in [4.69, 9.17) is 4.74 Å². The van der Waals surface area contributed by atoms with E-state index < -0.39 is 11.7 Å². The molecular weight excluding hydrogens is 459 g/mol. The Morgan fingerprint density at radius 1 is 1.20 bits per heavy atom. The largest absolute Gasteiger partial charge is 0.462 e. The molecule has 0 fully saturated rings. The number of hydrogen-bond acceptors (Lipinski definition) is 7. The van der Waals surface area contributed by atoms with Crippen LogP contribution in [-0.4, -0.2) is 65.2 Å². The molecule has 4 rings (SSSR count). The number of unbranched alkanes of at least 4 members (excludes halogenated alkanes) is 1. The van der Waals surface area contributed by atoms with Crippen LogP contribution < -0.4 is 10.6 Å². The van der Waals surface area contributed by atoms with Gasteiger partial charge < -0.3 is 25.3 Å². The lowest BCUT2D eigenvalue weighted by Gasteiger charge is -2.14. The Morgan fingerprint density at radius 2 is 2.00 bits per heavy atom. The number of aliphatic imine (C=N–C) groups is 1. The van der Waals surface area contributed by atoms with Gasteiger partial charge in [0.15, 0.2) is 0 Å². The Balaban J connectivity index is 1.65. The molecule has 0 aliphatic carbocycles. The van der Waals surface area contributed by atoms with Crippen molar-refractivity contribution in [2.75, 3.05) is 44.4 Å². The minimum absolute atomic E-state index is 0.164. The first-order valence-corrected chi connectivity index (χ1v) is 11.5. The van der Waals surface area contributed by atoms with Crippen LogP contribution in [0.2, 0.25) is 0 Å². The molecule has 3 N–H and O–H groups in total. The second-order valence-corrected chi connectivity index (χ2v) is 9.46. The molecule has 35 heavy (non-hydrogen) atoms. The van der Waals surface area contributed by atoms with E-state index in [1.165, 1.54) is 6.20 Å². The lowest BCUT2D eigenvalue weighted by Crippen LogP contribution is -2.17. The van der Waals surface area contributed by atoms with Crippen LogP contribution in [-0.2, 0) is 10.9 Å². The van der Waals surface area contributed by atoms with Gasteiger partial charge in [-0.2, -0.15) is 13.2 Å². The number of H-pyrrole nitrogens is 1. The van der Waals surface area contributed by atoms with Gasteiger partial charge >= 0.3 is 6.18 Å². The molecule has 0 atom stereocenters. The number of benzene rings is 1. The van der Waals surface area contributed by atoms with Gasteiger partial charge in [0.25, 0.3) is 6.02 Å². The van der Waals surface area contributed by atoms with Crippen LogP contribution in [0.1, 0.15) is 32.3 Å². The Labute approximate surface area is 202 Å². The van der Waals surface area contributed by atoms with Crippen molar-refractivity contribution in [2.24, 2.45) is 4.99 Å². The lowest BCUT2D eigenvalue weighted by molar-refractivity contribution is -0.137. The fourth-order valence-electron chi connectivity index (χ4n) is 3.85. The van der Waals surface area contributed by atoms with Crippen molar-refractivity contribution >= 4 is 28.6 Å². The summed E-state index contributed by atoms with van der Waals surface area (Å²) in [6.07, 6.45) is -0.415. The monoisotopic (exact) mass is 489 g/mol. The van der Waals surface area contributed by atoms with Crippen LogP contribution in [0.3, 0.4) is 0 Å². The van der Waals surface area contributed by atoms with Gasteiger partial charge in [-0.1, -0.05) is 12.1 Å². The van der Waals surface area contributed by atoms with Crippen molar-refractivity contribution in [3.05, 3.63) is 36.2 Å². The van der Waals surface area contributed by atoms with Crippen molar-refractivity contribution in [1.82, 2.24) is 19.9 Å². The third-order valence-electron chi connectivity index (χ3n) is 5.59. The summed E-state index contributed by atoms with van der Waals surface area (Å²) in [5.41, 5.74) is 0.205. The lowest BCUT2D eigenvalue weighted by atomic mass is 10.1. The number of amidine groups is 1. The number of fused-ring (bicyclic) bond motifs is 1. The van der Waals surface area contributed by atoms with E-state index in [1.807, 2.05) is 34.0 Å². The third kappa shape index (κ3) is 5.84. The quantitative estimate of drug-likeness (QED) is 0.387. The molecule has 1 aliphatic heterocycles. The molecule has 0 unspecified atom stereocenters. The summed E-state index contributed by atoms with van der Waals surface area (Å²) in [4.78, 5) is 17.9. The smallest absolute Gasteiger partial charge is 0.419 e. The Morgan fingerprint density at radius 3 is 2.69 bits per heavy atom. The molecule has 2 aromatic heterocycles. The summed E-state index contributed by atoms with van der Waals surface area (Å²) >= 11 is 0. The van der Waals surface area contributed by atoms with Crippen molar-refractivity contribution in [2.45, 2.75) is 38.4 Å². The van der Waals surface area contributed by atoms with E-state index in [9.17, 15) is 13.2 Å². The highest BCUT2D eigenvalue weighted by Crippen LogP contribution is 2.39. The van der Waals surface area contributed by atoms with Crippen LogP contribution >= 0.6 is 0 Å². The first kappa shape index (κ1) is 24.8. The number of aromatic nitrogens is 3. The topological polar surface area (TPSA) is 90.5 Å². The molecule has 0 radical (unpaired) electrons. The predicted molar refractivity (Wildman–Crippen MR) is 132 cm³/mol. The Kier molecular flexibility index (Phi) is 6.88. The van der Waals surface area contributed by atoms with Gasteiger partial charge in [-0.15, -0.1) is 0 Å². The van der Waals surface area contributed by atoms with E-state index in [-0.39, 0.29) is 17.2 Å². The van der Waals surface area contributed by atoms with E-state index in [0.29, 0.717) is 41.3 Å². The van der Waals surface area contributed by atoms with Crippen molar-refractivity contribution < 1.29 is 17.9 Å². The van der Waals surface area contributed by atoms with Gasteiger partial charge in [0.2, 0.25) is 5.95 Å². The molecule has 188 valence electrons. The van der Waals surface area contributed by atoms with Gasteiger partial charge in [-0.25, -0.2) is 15.0 Å². The molecule has 0 saturated heterocycles. The van der Waals surface area contributed by atoms with Gasteiger partial charge in [0.1, 0.15) is 12.2 Å². The number of anilines is 2. The molecule has 11 heteroatoms. The highest BCUT2D eigenvalue weighted by atomic mass is 19.4. The van der Waals surface area contributed by atoms with Crippen LogP contribution in [0.5, 0.6) is 0 Å². The average molecular weight is 490 g/mol. The molecule has 0 saturated carbocycles. The summed E-state index contributed by atoms with van der Waals surface area (Å²) in [7, 11) is 3.99. The molecule has 8 nitrogen and oxygen atoms in total. The van der Waals surface area contributed by atoms with Gasteiger partial charge in [-0.05, 0) is 53.4 Å². The van der Waals surface area contributed by atoms with Crippen LogP contribution in [0.4, 0.5) is 24.8 Å². The molecule has 3 aromatic rings. The van der Waals surface area contributed by atoms with E-state index >= 15 is 0 Å². The maximum absolute atomic E-state index is 13.9. The van der Waals surface area contributed by atoms with E-state index in [1.54, 1.807) is 12.1 Å². The molecule has 1 aromatic carbocycles. The number of nitrogens with one attached hydrogen (secondary N) is 3. The van der Waals surface area contributed by atoms with E-state index in [0.717, 1.165) is 25.6 Å². The summed E-state index contributed by atoms with van der Waals surface area (Å²) in [6, 6.07) is 5.70. The Hall–Kier alpha value is -3.34. The minimum atomic E-state index is -4.60. The fourth-order valence-corrected chi connectivity index (χ4v) is 3.85. The van der Waals surface area contributed by atoms with Crippen LogP contribution in [0, 0.1) is 0 Å². The fraction of sp³-hybridized carbons (Fsp3) is 0.458. The first-order chi connectivity index (χ1) is 16.5. The zero-order valence-corrected chi connectivity index (χ0v) is 20.3. The second-order valence-electron chi connectivity index (χ2n) is 9.46. The van der Waals surface area contributed by atoms with E-state index in [2.05, 4.69) is 35.5 Å². The minimum Gasteiger partial charge on any atom is -0.462 e. The highest BCUT2D eigenvalue weighted by Gasteiger charge is 2.36. The second kappa shape index (κ2) is 9.73. The zero-order valence-electron chi connectivity index (χ0n) is 20.3. The molecule has 0 spiro atoms. The summed E-state index contributed by atoms with van der Waals surface area (Å²) in [5, 5.41) is 6.78.